The molecular formula is C7H9Cl2NO3. The molecule has 1 saturated heterocycles. The fourth-order valence-electron chi connectivity index (χ4n) is 1.41. The first-order chi connectivity index (χ1) is 6.04. The summed E-state index contributed by atoms with van der Waals surface area (Å²) in [6.45, 7) is 0.422. The van der Waals surface area contributed by atoms with Crippen LogP contribution in [0, 0.1) is 0 Å². The number of hydrogen-bond acceptors (Lipinski definition) is 2. The number of carboxylic acid groups (broad SMARTS) is 1. The average molecular weight is 226 g/mol. The number of carbonyl (C=O) groups excluding carboxylic acids is 1. The van der Waals surface area contributed by atoms with Crippen molar-refractivity contribution in [2.24, 2.45) is 0 Å². The van der Waals surface area contributed by atoms with Crippen LogP contribution in [0.5, 0.6) is 0 Å². The number of halogens is 2. The van der Waals surface area contributed by atoms with Crippen molar-refractivity contribution in [3.8, 4) is 0 Å². The van der Waals surface area contributed by atoms with E-state index in [1.54, 1.807) is 0 Å². The Bertz CT molecular complexity index is 232. The van der Waals surface area contributed by atoms with Crippen LogP contribution in [0.4, 0.5) is 0 Å². The Labute approximate surface area is 85.4 Å². The molecule has 1 aliphatic heterocycles. The monoisotopic (exact) mass is 225 g/mol. The Kier molecular flexibility index (Phi) is 3.39. The highest BCUT2D eigenvalue weighted by Gasteiger charge is 2.35. The molecule has 1 aliphatic rings. The maximum atomic E-state index is 11.3. The Morgan fingerprint density at radius 1 is 1.46 bits per heavy atom. The highest BCUT2D eigenvalue weighted by molar-refractivity contribution is 6.53. The zero-order valence-electron chi connectivity index (χ0n) is 6.74. The molecule has 0 saturated carbocycles. The van der Waals surface area contributed by atoms with Crippen molar-refractivity contribution < 1.29 is 14.7 Å². The summed E-state index contributed by atoms with van der Waals surface area (Å²) in [5.41, 5.74) is 0. The number of likely N-dealkylation sites (tertiary alicyclic amines) is 1. The van der Waals surface area contributed by atoms with Crippen LogP contribution in [-0.2, 0) is 9.59 Å². The molecule has 0 aromatic carbocycles. The Balaban J connectivity index is 2.68. The molecule has 1 N–H and O–H groups in total. The number of carboxylic acids is 1. The van der Waals surface area contributed by atoms with Gasteiger partial charge in [0.25, 0.3) is 5.91 Å². The topological polar surface area (TPSA) is 57.6 Å². The number of nitrogens with zero attached hydrogens (tertiary/aromatic N) is 1. The SMILES string of the molecule is O=C(O)C1CCCN1C(=O)C(Cl)Cl. The molecular weight excluding hydrogens is 217 g/mol. The van der Waals surface area contributed by atoms with Crippen molar-refractivity contribution in [3.05, 3.63) is 0 Å². The number of amides is 1. The molecule has 1 amide bonds. The van der Waals surface area contributed by atoms with Crippen LogP contribution < -0.4 is 0 Å². The van der Waals surface area contributed by atoms with E-state index in [0.29, 0.717) is 19.4 Å². The van der Waals surface area contributed by atoms with Crippen LogP contribution in [0.15, 0.2) is 0 Å². The number of alkyl halides is 2. The zero-order chi connectivity index (χ0) is 10.0. The van der Waals surface area contributed by atoms with Crippen LogP contribution in [0.2, 0.25) is 0 Å². The van der Waals surface area contributed by atoms with E-state index in [0.717, 1.165) is 0 Å². The fraction of sp³-hybridized carbons (Fsp3) is 0.714. The average Bonchev–Trinajstić information content (AvgIpc) is 2.50. The molecule has 1 unspecified atom stereocenters. The number of hydrogen-bond donors (Lipinski definition) is 1. The Hall–Kier alpha value is -0.480. The minimum Gasteiger partial charge on any atom is -0.480 e. The van der Waals surface area contributed by atoms with Crippen LogP contribution in [0.1, 0.15) is 12.8 Å². The largest absolute Gasteiger partial charge is 0.480 e. The van der Waals surface area contributed by atoms with Crippen molar-refractivity contribution in [2.75, 3.05) is 6.54 Å². The molecule has 1 atom stereocenters. The standard InChI is InChI=1S/C7H9Cl2NO3/c8-5(9)6(11)10-3-1-2-4(10)7(12)13/h4-5H,1-3H2,(H,12,13). The van der Waals surface area contributed by atoms with Crippen molar-refractivity contribution in [2.45, 2.75) is 23.7 Å². The molecule has 6 heteroatoms. The number of aliphatic carboxylic acids is 1. The molecule has 1 fully saturated rings. The van der Waals surface area contributed by atoms with Gasteiger partial charge >= 0.3 is 5.97 Å². The van der Waals surface area contributed by atoms with Crippen LogP contribution in [0.3, 0.4) is 0 Å². The summed E-state index contributed by atoms with van der Waals surface area (Å²) in [7, 11) is 0. The second-order valence-corrected chi connectivity index (χ2v) is 3.92. The molecule has 0 radical (unpaired) electrons. The van der Waals surface area contributed by atoms with E-state index < -0.39 is 22.8 Å². The Morgan fingerprint density at radius 3 is 2.54 bits per heavy atom. The van der Waals surface area contributed by atoms with E-state index in [-0.39, 0.29) is 0 Å². The van der Waals surface area contributed by atoms with E-state index in [9.17, 15) is 9.59 Å². The van der Waals surface area contributed by atoms with Gasteiger partial charge in [0.05, 0.1) is 0 Å². The molecule has 13 heavy (non-hydrogen) atoms. The second kappa shape index (κ2) is 4.15. The minimum atomic E-state index is -1.17. The van der Waals surface area contributed by atoms with Crippen molar-refractivity contribution in [3.63, 3.8) is 0 Å². The normalized spacial score (nSPS) is 22.4. The van der Waals surface area contributed by atoms with Gasteiger partial charge in [0.2, 0.25) is 0 Å². The first-order valence-electron chi connectivity index (χ1n) is 3.85. The van der Waals surface area contributed by atoms with E-state index in [2.05, 4.69) is 0 Å². The third kappa shape index (κ3) is 2.25. The summed E-state index contributed by atoms with van der Waals surface area (Å²) in [6.07, 6.45) is 1.16. The third-order valence-corrected chi connectivity index (χ3v) is 2.38. The highest BCUT2D eigenvalue weighted by atomic mass is 35.5. The quantitative estimate of drug-likeness (QED) is 0.710. The molecule has 0 aromatic heterocycles. The van der Waals surface area contributed by atoms with Gasteiger partial charge in [-0.05, 0) is 12.8 Å². The lowest BCUT2D eigenvalue weighted by Gasteiger charge is -2.21. The molecule has 0 bridgehead atoms. The first kappa shape index (κ1) is 10.6. The van der Waals surface area contributed by atoms with Gasteiger partial charge in [-0.1, -0.05) is 23.2 Å². The van der Waals surface area contributed by atoms with Crippen LogP contribution in [0.25, 0.3) is 0 Å². The molecule has 74 valence electrons. The minimum absolute atomic E-state index is 0.422. The van der Waals surface area contributed by atoms with Gasteiger partial charge in [-0.2, -0.15) is 0 Å². The van der Waals surface area contributed by atoms with Gasteiger partial charge in [-0.25, -0.2) is 4.79 Å². The summed E-state index contributed by atoms with van der Waals surface area (Å²) < 4.78 is 0. The predicted octanol–water partition coefficient (Wildman–Crippen LogP) is 0.866. The molecule has 1 rings (SSSR count). The molecule has 0 aliphatic carbocycles. The van der Waals surface area contributed by atoms with Gasteiger partial charge in [0.15, 0.2) is 4.84 Å². The summed E-state index contributed by atoms with van der Waals surface area (Å²) in [5.74, 6) is -1.52. The van der Waals surface area contributed by atoms with Gasteiger partial charge in [0.1, 0.15) is 6.04 Å². The number of rotatable bonds is 2. The van der Waals surface area contributed by atoms with E-state index in [1.165, 1.54) is 4.90 Å². The predicted molar refractivity (Wildman–Crippen MR) is 47.9 cm³/mol. The van der Waals surface area contributed by atoms with Gasteiger partial charge in [0, 0.05) is 6.54 Å². The third-order valence-electron chi connectivity index (χ3n) is 2.01. The molecule has 1 heterocycles. The maximum absolute atomic E-state index is 11.3. The lowest BCUT2D eigenvalue weighted by molar-refractivity contribution is -0.147. The van der Waals surface area contributed by atoms with Crippen LogP contribution >= 0.6 is 23.2 Å². The van der Waals surface area contributed by atoms with Crippen molar-refractivity contribution >= 4 is 35.1 Å². The van der Waals surface area contributed by atoms with Crippen LogP contribution in [-0.4, -0.2) is 39.3 Å². The molecule has 0 spiro atoms. The molecule has 0 aromatic rings. The zero-order valence-corrected chi connectivity index (χ0v) is 8.25. The smallest absolute Gasteiger partial charge is 0.326 e. The second-order valence-electron chi connectivity index (χ2n) is 2.83. The highest BCUT2D eigenvalue weighted by Crippen LogP contribution is 2.20. The van der Waals surface area contributed by atoms with Crippen molar-refractivity contribution in [1.82, 2.24) is 4.90 Å². The maximum Gasteiger partial charge on any atom is 0.326 e. The van der Waals surface area contributed by atoms with E-state index >= 15 is 0 Å². The summed E-state index contributed by atoms with van der Waals surface area (Å²) in [4.78, 5) is 22.0. The fourth-order valence-corrected chi connectivity index (χ4v) is 1.66. The van der Waals surface area contributed by atoms with E-state index in [4.69, 9.17) is 28.3 Å². The first-order valence-corrected chi connectivity index (χ1v) is 4.72. The number of carbonyl (C=O) groups is 2. The summed E-state index contributed by atoms with van der Waals surface area (Å²) in [5, 5.41) is 8.73. The van der Waals surface area contributed by atoms with Gasteiger partial charge in [-0.3, -0.25) is 4.79 Å². The Morgan fingerprint density at radius 2 is 2.08 bits per heavy atom. The summed E-state index contributed by atoms with van der Waals surface area (Å²) >= 11 is 10.7. The van der Waals surface area contributed by atoms with Gasteiger partial charge in [-0.15, -0.1) is 0 Å². The van der Waals surface area contributed by atoms with Crippen molar-refractivity contribution in [1.29, 1.82) is 0 Å². The summed E-state index contributed by atoms with van der Waals surface area (Å²) in [6, 6.07) is -0.757. The van der Waals surface area contributed by atoms with E-state index in [1.807, 2.05) is 0 Å². The lowest BCUT2D eigenvalue weighted by atomic mass is 10.2. The molecule has 4 nitrogen and oxygen atoms in total. The van der Waals surface area contributed by atoms with Gasteiger partial charge < -0.3 is 10.0 Å². The lowest BCUT2D eigenvalue weighted by Crippen LogP contribution is -2.42.